The van der Waals surface area contributed by atoms with E-state index in [1.54, 1.807) is 18.2 Å². The quantitative estimate of drug-likeness (QED) is 0.577. The van der Waals surface area contributed by atoms with Crippen LogP contribution in [-0.4, -0.2) is 41.8 Å². The van der Waals surface area contributed by atoms with E-state index in [-0.39, 0.29) is 0 Å². The van der Waals surface area contributed by atoms with Gasteiger partial charge in [0.05, 0.1) is 11.2 Å². The van der Waals surface area contributed by atoms with Crippen molar-refractivity contribution >= 4 is 43.4 Å². The number of halogens is 1. The topological polar surface area (TPSA) is 65.0 Å². The Bertz CT molecular complexity index is 674. The lowest BCUT2D eigenvalue weighted by atomic mass is 9.78. The number of hydrogen-bond acceptors (Lipinski definition) is 5. The second kappa shape index (κ2) is 7.62. The SMILES string of the molecule is CC1(C)OB(C(=Cc2ccc(Cl)cc2OCC(=O)O)CS)OC1(C)C. The van der Waals surface area contributed by atoms with Gasteiger partial charge in [0.25, 0.3) is 0 Å². The first kappa shape index (κ1) is 20.2. The van der Waals surface area contributed by atoms with E-state index in [1.165, 1.54) is 0 Å². The highest BCUT2D eigenvalue weighted by atomic mass is 35.5. The molecule has 1 aromatic rings. The molecule has 0 spiro atoms. The summed E-state index contributed by atoms with van der Waals surface area (Å²) in [5.74, 6) is -0.265. The molecule has 1 heterocycles. The molecular formula is C17H22BClO5S. The Labute approximate surface area is 158 Å². The van der Waals surface area contributed by atoms with E-state index in [0.29, 0.717) is 22.1 Å². The molecule has 1 fully saturated rings. The minimum absolute atomic E-state index is 0.380. The molecule has 2 rings (SSSR count). The third kappa shape index (κ3) is 4.73. The largest absolute Gasteiger partial charge is 0.491 e. The van der Waals surface area contributed by atoms with Gasteiger partial charge in [-0.15, -0.1) is 0 Å². The Balaban J connectivity index is 2.32. The van der Waals surface area contributed by atoms with Crippen LogP contribution >= 0.6 is 24.2 Å². The molecule has 1 aromatic carbocycles. The molecule has 5 nitrogen and oxygen atoms in total. The minimum atomic E-state index is -1.06. The van der Waals surface area contributed by atoms with Crippen molar-refractivity contribution in [3.8, 4) is 5.75 Å². The fraction of sp³-hybridized carbons (Fsp3) is 0.471. The minimum Gasteiger partial charge on any atom is -0.481 e. The van der Waals surface area contributed by atoms with Crippen LogP contribution in [0.3, 0.4) is 0 Å². The van der Waals surface area contributed by atoms with E-state index in [1.807, 2.05) is 33.8 Å². The Morgan fingerprint density at radius 1 is 1.32 bits per heavy atom. The number of rotatable bonds is 6. The highest BCUT2D eigenvalue weighted by molar-refractivity contribution is 7.80. The van der Waals surface area contributed by atoms with Crippen molar-refractivity contribution in [2.24, 2.45) is 0 Å². The van der Waals surface area contributed by atoms with Gasteiger partial charge in [-0.3, -0.25) is 0 Å². The molecule has 0 unspecified atom stereocenters. The fourth-order valence-corrected chi connectivity index (χ4v) is 2.68. The molecule has 8 heteroatoms. The highest BCUT2D eigenvalue weighted by Gasteiger charge is 2.52. The van der Waals surface area contributed by atoms with Gasteiger partial charge in [-0.1, -0.05) is 17.7 Å². The monoisotopic (exact) mass is 384 g/mol. The van der Waals surface area contributed by atoms with E-state index in [9.17, 15) is 4.79 Å². The lowest BCUT2D eigenvalue weighted by Crippen LogP contribution is -2.41. The van der Waals surface area contributed by atoms with Crippen molar-refractivity contribution in [2.45, 2.75) is 38.9 Å². The maximum Gasteiger partial charge on any atom is 0.491 e. The molecule has 0 bridgehead atoms. The second-order valence-electron chi connectivity index (χ2n) is 6.83. The predicted molar refractivity (Wildman–Crippen MR) is 102 cm³/mol. The van der Waals surface area contributed by atoms with Crippen LogP contribution in [0.1, 0.15) is 33.3 Å². The summed E-state index contributed by atoms with van der Waals surface area (Å²) in [5, 5.41) is 9.28. The number of carboxylic acid groups (broad SMARTS) is 1. The normalized spacial score (nSPS) is 19.1. The van der Waals surface area contributed by atoms with Crippen LogP contribution in [0.15, 0.2) is 23.7 Å². The van der Waals surface area contributed by atoms with Crippen molar-refractivity contribution in [2.75, 3.05) is 12.4 Å². The molecule has 0 radical (unpaired) electrons. The zero-order chi connectivity index (χ0) is 18.8. The van der Waals surface area contributed by atoms with Crippen LogP contribution in [-0.2, 0) is 14.1 Å². The van der Waals surface area contributed by atoms with Crippen LogP contribution in [0.5, 0.6) is 5.75 Å². The van der Waals surface area contributed by atoms with E-state index >= 15 is 0 Å². The summed E-state index contributed by atoms with van der Waals surface area (Å²) in [6.45, 7) is 7.47. The first-order valence-electron chi connectivity index (χ1n) is 7.87. The van der Waals surface area contributed by atoms with Crippen molar-refractivity contribution in [3.63, 3.8) is 0 Å². The van der Waals surface area contributed by atoms with Gasteiger partial charge in [0.1, 0.15) is 5.75 Å². The van der Waals surface area contributed by atoms with Gasteiger partial charge in [-0.2, -0.15) is 12.6 Å². The molecule has 0 atom stereocenters. The highest BCUT2D eigenvalue weighted by Crippen LogP contribution is 2.39. The third-order valence-electron chi connectivity index (χ3n) is 4.41. The average Bonchev–Trinajstić information content (AvgIpc) is 2.72. The first-order chi connectivity index (χ1) is 11.6. The average molecular weight is 385 g/mol. The summed E-state index contributed by atoms with van der Waals surface area (Å²) in [4.78, 5) is 10.8. The summed E-state index contributed by atoms with van der Waals surface area (Å²) < 4.78 is 17.4. The Morgan fingerprint density at radius 3 is 2.44 bits per heavy atom. The molecule has 0 saturated carbocycles. The van der Waals surface area contributed by atoms with Gasteiger partial charge in [0, 0.05) is 16.3 Å². The summed E-state index contributed by atoms with van der Waals surface area (Å²) in [6, 6.07) is 5.05. The van der Waals surface area contributed by atoms with E-state index in [2.05, 4.69) is 12.6 Å². The summed E-state index contributed by atoms with van der Waals surface area (Å²) in [6.07, 6.45) is 1.84. The molecule has 1 saturated heterocycles. The predicted octanol–water partition coefficient (Wildman–Crippen LogP) is 3.75. The van der Waals surface area contributed by atoms with Crippen molar-refractivity contribution in [1.29, 1.82) is 0 Å². The summed E-state index contributed by atoms with van der Waals surface area (Å²) in [7, 11) is -0.537. The lowest BCUT2D eigenvalue weighted by Gasteiger charge is -2.32. The van der Waals surface area contributed by atoms with Gasteiger partial charge in [-0.25, -0.2) is 4.79 Å². The van der Waals surface area contributed by atoms with Crippen LogP contribution in [0.25, 0.3) is 6.08 Å². The summed E-state index contributed by atoms with van der Waals surface area (Å²) in [5.41, 5.74) is 0.582. The maximum atomic E-state index is 10.8. The van der Waals surface area contributed by atoms with Crippen molar-refractivity contribution in [3.05, 3.63) is 34.3 Å². The number of thiol groups is 1. The van der Waals surface area contributed by atoms with E-state index < -0.39 is 30.9 Å². The van der Waals surface area contributed by atoms with E-state index in [4.69, 9.17) is 30.8 Å². The van der Waals surface area contributed by atoms with Gasteiger partial charge >= 0.3 is 13.1 Å². The number of ether oxygens (including phenoxy) is 1. The van der Waals surface area contributed by atoms with Crippen LogP contribution < -0.4 is 4.74 Å². The number of carbonyl (C=O) groups is 1. The molecule has 25 heavy (non-hydrogen) atoms. The van der Waals surface area contributed by atoms with Gasteiger partial charge in [-0.05, 0) is 51.4 Å². The van der Waals surface area contributed by atoms with Crippen molar-refractivity contribution in [1.82, 2.24) is 0 Å². The van der Waals surface area contributed by atoms with Crippen LogP contribution in [0, 0.1) is 0 Å². The number of benzene rings is 1. The lowest BCUT2D eigenvalue weighted by molar-refractivity contribution is -0.139. The molecule has 1 N–H and O–H groups in total. The van der Waals surface area contributed by atoms with Crippen molar-refractivity contribution < 1.29 is 23.9 Å². The zero-order valence-electron chi connectivity index (χ0n) is 14.7. The smallest absolute Gasteiger partial charge is 0.481 e. The maximum absolute atomic E-state index is 10.8. The number of hydrogen-bond donors (Lipinski definition) is 2. The Morgan fingerprint density at radius 2 is 1.92 bits per heavy atom. The summed E-state index contributed by atoms with van der Waals surface area (Å²) >= 11 is 10.4. The molecule has 1 aliphatic rings. The second-order valence-corrected chi connectivity index (χ2v) is 7.58. The number of aliphatic carboxylic acids is 1. The molecule has 0 aliphatic carbocycles. The molecule has 136 valence electrons. The number of carboxylic acids is 1. The molecule has 1 aliphatic heterocycles. The fourth-order valence-electron chi connectivity index (χ4n) is 2.27. The Hall–Kier alpha value is -1.15. The van der Waals surface area contributed by atoms with Gasteiger partial charge in [0.2, 0.25) is 0 Å². The van der Waals surface area contributed by atoms with Gasteiger partial charge < -0.3 is 19.2 Å². The molecule has 0 aromatic heterocycles. The van der Waals surface area contributed by atoms with Crippen LogP contribution in [0.4, 0.5) is 0 Å². The molecule has 0 amide bonds. The Kier molecular flexibility index (Phi) is 6.15. The zero-order valence-corrected chi connectivity index (χ0v) is 16.4. The van der Waals surface area contributed by atoms with Gasteiger partial charge in [0.15, 0.2) is 6.61 Å². The standard InChI is InChI=1S/C17H22BClO5S/c1-16(2)17(3,4)24-18(23-16)12(10-25)7-11-5-6-13(19)8-14(11)22-9-15(20)21/h5-8,25H,9-10H2,1-4H3,(H,20,21). The van der Waals surface area contributed by atoms with E-state index in [0.717, 1.165) is 5.47 Å². The first-order valence-corrected chi connectivity index (χ1v) is 8.88. The molecular weight excluding hydrogens is 363 g/mol. The van der Waals surface area contributed by atoms with Crippen LogP contribution in [0.2, 0.25) is 5.02 Å². The third-order valence-corrected chi connectivity index (χ3v) is 5.01.